The van der Waals surface area contributed by atoms with Crippen molar-refractivity contribution in [2.45, 2.75) is 0 Å². The van der Waals surface area contributed by atoms with Gasteiger partial charge in [-0.2, -0.15) is 0 Å². The number of benzene rings is 2. The molecule has 0 fully saturated rings. The molecular formula is C17H22N2O3. The normalized spacial score (nSPS) is 10.8. The van der Waals surface area contributed by atoms with E-state index < -0.39 is 0 Å². The van der Waals surface area contributed by atoms with E-state index in [1.165, 1.54) is 0 Å². The van der Waals surface area contributed by atoms with Gasteiger partial charge in [0.05, 0.1) is 19.8 Å². The second-order valence-electron chi connectivity index (χ2n) is 5.26. The molecule has 22 heavy (non-hydrogen) atoms. The summed E-state index contributed by atoms with van der Waals surface area (Å²) in [5, 5.41) is 4.69. The highest BCUT2D eigenvalue weighted by Gasteiger charge is 2.18. The summed E-state index contributed by atoms with van der Waals surface area (Å²) in [5.74, 6) is 1.07. The van der Waals surface area contributed by atoms with Gasteiger partial charge in [0.25, 0.3) is 5.91 Å². The van der Waals surface area contributed by atoms with Crippen LogP contribution in [0.4, 0.5) is 0 Å². The molecule has 0 spiro atoms. The minimum Gasteiger partial charge on any atom is -0.496 e. The van der Waals surface area contributed by atoms with Crippen LogP contribution in [0.15, 0.2) is 30.3 Å². The van der Waals surface area contributed by atoms with Crippen molar-refractivity contribution in [2.75, 3.05) is 41.4 Å². The molecule has 0 bridgehead atoms. The summed E-state index contributed by atoms with van der Waals surface area (Å²) >= 11 is 0. The number of amides is 1. The van der Waals surface area contributed by atoms with Crippen LogP contribution in [-0.2, 0) is 0 Å². The Bertz CT molecular complexity index is 668. The highest BCUT2D eigenvalue weighted by atomic mass is 16.5. The summed E-state index contributed by atoms with van der Waals surface area (Å²) in [6.45, 7) is 1.35. The third-order valence-electron chi connectivity index (χ3n) is 3.47. The quantitative estimate of drug-likeness (QED) is 0.888. The standard InChI is InChI=1S/C17H22N2O3/c1-19(2)10-9-18-17(20)14-11-15(21-3)12-7-5-6-8-13(12)16(14)22-4/h5-8,11H,9-10H2,1-4H3,(H,18,20). The minimum absolute atomic E-state index is 0.164. The average Bonchev–Trinajstić information content (AvgIpc) is 2.52. The summed E-state index contributed by atoms with van der Waals surface area (Å²) in [6, 6.07) is 9.45. The molecule has 0 saturated heterocycles. The molecule has 0 atom stereocenters. The van der Waals surface area contributed by atoms with E-state index in [0.29, 0.717) is 23.6 Å². The topological polar surface area (TPSA) is 50.8 Å². The Hall–Kier alpha value is -2.27. The highest BCUT2D eigenvalue weighted by Crippen LogP contribution is 2.36. The molecule has 2 rings (SSSR count). The zero-order valence-corrected chi connectivity index (χ0v) is 13.5. The number of hydrogen-bond acceptors (Lipinski definition) is 4. The third-order valence-corrected chi connectivity index (χ3v) is 3.47. The Morgan fingerprint density at radius 3 is 2.41 bits per heavy atom. The first-order valence-corrected chi connectivity index (χ1v) is 7.15. The fraction of sp³-hybridized carbons (Fsp3) is 0.353. The molecule has 5 heteroatoms. The lowest BCUT2D eigenvalue weighted by atomic mass is 10.0. The van der Waals surface area contributed by atoms with Gasteiger partial charge in [0.15, 0.2) is 0 Å². The third kappa shape index (κ3) is 3.31. The van der Waals surface area contributed by atoms with Gasteiger partial charge >= 0.3 is 0 Å². The zero-order chi connectivity index (χ0) is 16.1. The molecule has 0 aliphatic heterocycles. The SMILES string of the molecule is COc1cc(C(=O)NCCN(C)C)c(OC)c2ccccc12. The van der Waals surface area contributed by atoms with Crippen molar-refractivity contribution in [3.63, 3.8) is 0 Å². The van der Waals surface area contributed by atoms with Crippen LogP contribution in [0.25, 0.3) is 10.8 Å². The van der Waals surface area contributed by atoms with Gasteiger partial charge in [0.1, 0.15) is 11.5 Å². The van der Waals surface area contributed by atoms with Crippen LogP contribution in [-0.4, -0.2) is 52.2 Å². The van der Waals surface area contributed by atoms with E-state index in [2.05, 4.69) is 5.32 Å². The number of carbonyl (C=O) groups excluding carboxylic acids is 1. The van der Waals surface area contributed by atoms with Gasteiger partial charge < -0.3 is 19.7 Å². The highest BCUT2D eigenvalue weighted by molar-refractivity contribution is 6.06. The average molecular weight is 302 g/mol. The lowest BCUT2D eigenvalue weighted by Gasteiger charge is -2.15. The van der Waals surface area contributed by atoms with E-state index in [4.69, 9.17) is 9.47 Å². The van der Waals surface area contributed by atoms with Gasteiger partial charge in [-0.1, -0.05) is 24.3 Å². The van der Waals surface area contributed by atoms with E-state index >= 15 is 0 Å². The Morgan fingerprint density at radius 1 is 1.14 bits per heavy atom. The van der Waals surface area contributed by atoms with Crippen LogP contribution in [0, 0.1) is 0 Å². The van der Waals surface area contributed by atoms with Crippen LogP contribution >= 0.6 is 0 Å². The molecule has 1 amide bonds. The minimum atomic E-state index is -0.164. The predicted octanol–water partition coefficient (Wildman–Crippen LogP) is 2.15. The van der Waals surface area contributed by atoms with E-state index in [0.717, 1.165) is 17.3 Å². The predicted molar refractivity (Wildman–Crippen MR) is 87.9 cm³/mol. The van der Waals surface area contributed by atoms with Gasteiger partial charge in [0, 0.05) is 23.9 Å². The molecule has 0 saturated carbocycles. The van der Waals surface area contributed by atoms with E-state index in [-0.39, 0.29) is 5.91 Å². The van der Waals surface area contributed by atoms with Crippen LogP contribution in [0.1, 0.15) is 10.4 Å². The molecule has 0 aromatic heterocycles. The maximum absolute atomic E-state index is 12.5. The van der Waals surface area contributed by atoms with Crippen molar-refractivity contribution in [3.05, 3.63) is 35.9 Å². The Labute approximate surface area is 130 Å². The number of ether oxygens (including phenoxy) is 2. The number of likely N-dealkylation sites (N-methyl/N-ethyl adjacent to an activating group) is 1. The first-order chi connectivity index (χ1) is 10.6. The van der Waals surface area contributed by atoms with Crippen molar-refractivity contribution >= 4 is 16.7 Å². The van der Waals surface area contributed by atoms with Crippen molar-refractivity contribution < 1.29 is 14.3 Å². The largest absolute Gasteiger partial charge is 0.496 e. The molecule has 118 valence electrons. The van der Waals surface area contributed by atoms with Gasteiger partial charge in [-0.25, -0.2) is 0 Å². The van der Waals surface area contributed by atoms with E-state index in [1.54, 1.807) is 20.3 Å². The van der Waals surface area contributed by atoms with Gasteiger partial charge in [0.2, 0.25) is 0 Å². The Morgan fingerprint density at radius 2 is 1.82 bits per heavy atom. The molecule has 0 heterocycles. The molecule has 5 nitrogen and oxygen atoms in total. The molecule has 0 aliphatic carbocycles. The smallest absolute Gasteiger partial charge is 0.255 e. The Balaban J connectivity index is 2.42. The lowest BCUT2D eigenvalue weighted by Crippen LogP contribution is -2.31. The molecule has 0 radical (unpaired) electrons. The lowest BCUT2D eigenvalue weighted by molar-refractivity contribution is 0.0948. The zero-order valence-electron chi connectivity index (χ0n) is 13.5. The number of carbonyl (C=O) groups is 1. The molecular weight excluding hydrogens is 280 g/mol. The maximum Gasteiger partial charge on any atom is 0.255 e. The second-order valence-corrected chi connectivity index (χ2v) is 5.26. The summed E-state index contributed by atoms with van der Waals surface area (Å²) in [5.41, 5.74) is 0.483. The number of nitrogens with zero attached hydrogens (tertiary/aromatic N) is 1. The van der Waals surface area contributed by atoms with Crippen molar-refractivity contribution in [1.82, 2.24) is 10.2 Å². The summed E-state index contributed by atoms with van der Waals surface area (Å²) in [4.78, 5) is 14.5. The number of fused-ring (bicyclic) bond motifs is 1. The molecule has 0 aliphatic rings. The van der Waals surface area contributed by atoms with E-state index in [9.17, 15) is 4.79 Å². The number of hydrogen-bond donors (Lipinski definition) is 1. The first-order valence-electron chi connectivity index (χ1n) is 7.15. The van der Waals surface area contributed by atoms with Gasteiger partial charge in [-0.3, -0.25) is 4.79 Å². The Kier molecular flexibility index (Phi) is 5.22. The van der Waals surface area contributed by atoms with E-state index in [1.807, 2.05) is 43.3 Å². The number of methoxy groups -OCH3 is 2. The number of nitrogens with one attached hydrogen (secondary N) is 1. The van der Waals surface area contributed by atoms with Crippen LogP contribution < -0.4 is 14.8 Å². The number of rotatable bonds is 6. The second kappa shape index (κ2) is 7.13. The fourth-order valence-corrected chi connectivity index (χ4v) is 2.36. The summed E-state index contributed by atoms with van der Waals surface area (Å²) < 4.78 is 10.9. The monoisotopic (exact) mass is 302 g/mol. The molecule has 0 unspecified atom stereocenters. The molecule has 1 N–H and O–H groups in total. The van der Waals surface area contributed by atoms with Crippen molar-refractivity contribution in [3.8, 4) is 11.5 Å². The van der Waals surface area contributed by atoms with Crippen molar-refractivity contribution in [1.29, 1.82) is 0 Å². The van der Waals surface area contributed by atoms with Crippen LogP contribution in [0.5, 0.6) is 11.5 Å². The fourth-order valence-electron chi connectivity index (χ4n) is 2.36. The van der Waals surface area contributed by atoms with Gasteiger partial charge in [-0.15, -0.1) is 0 Å². The van der Waals surface area contributed by atoms with Crippen molar-refractivity contribution in [2.24, 2.45) is 0 Å². The molecule has 2 aromatic rings. The molecule has 2 aromatic carbocycles. The van der Waals surface area contributed by atoms with Gasteiger partial charge in [-0.05, 0) is 20.2 Å². The summed E-state index contributed by atoms with van der Waals surface area (Å²) in [6.07, 6.45) is 0. The van der Waals surface area contributed by atoms with Crippen LogP contribution in [0.2, 0.25) is 0 Å². The first kappa shape index (κ1) is 16.1. The maximum atomic E-state index is 12.5. The van der Waals surface area contributed by atoms with Crippen LogP contribution in [0.3, 0.4) is 0 Å². The summed E-state index contributed by atoms with van der Waals surface area (Å²) in [7, 11) is 7.10.